The standard InChI is InChI=1S/C12H16N5O4P/c13-11-10-12(15-3-14-11)17(4-16-10)8-2-9(7-1-6(7)8)21-5-22(18,19)20/h3-4,6-9H,1-2,5H2,(H2,13,14,15)(H2,18,19,20)/t6-,7+,8-,9+/m1/s1. The first-order valence-electron chi connectivity index (χ1n) is 7.03. The van der Waals surface area contributed by atoms with Crippen LogP contribution < -0.4 is 5.73 Å². The number of ether oxygens (including phenoxy) is 1. The zero-order valence-corrected chi connectivity index (χ0v) is 12.5. The van der Waals surface area contributed by atoms with E-state index in [0.717, 1.165) is 6.42 Å². The van der Waals surface area contributed by atoms with E-state index in [9.17, 15) is 4.57 Å². The Balaban J connectivity index is 1.57. The normalized spacial score (nSPS) is 30.6. The molecule has 2 heterocycles. The fourth-order valence-corrected chi connectivity index (χ4v) is 3.90. The van der Waals surface area contributed by atoms with Crippen LogP contribution in [0.15, 0.2) is 12.7 Å². The van der Waals surface area contributed by atoms with Crippen LogP contribution in [0.2, 0.25) is 0 Å². The van der Waals surface area contributed by atoms with E-state index in [1.165, 1.54) is 6.33 Å². The summed E-state index contributed by atoms with van der Waals surface area (Å²) in [7, 11) is -4.13. The molecule has 0 radical (unpaired) electrons. The molecule has 118 valence electrons. The van der Waals surface area contributed by atoms with Gasteiger partial charge in [-0.2, -0.15) is 0 Å². The number of nitrogens with two attached hydrogens (primary N) is 1. The summed E-state index contributed by atoms with van der Waals surface area (Å²) in [4.78, 5) is 30.3. The summed E-state index contributed by atoms with van der Waals surface area (Å²) in [5.41, 5.74) is 7.07. The number of imidazole rings is 1. The molecule has 0 aliphatic heterocycles. The van der Waals surface area contributed by atoms with Crippen molar-refractivity contribution in [1.82, 2.24) is 19.5 Å². The summed E-state index contributed by atoms with van der Waals surface area (Å²) < 4.78 is 18.4. The van der Waals surface area contributed by atoms with Gasteiger partial charge in [0, 0.05) is 6.04 Å². The van der Waals surface area contributed by atoms with Crippen LogP contribution in [0.3, 0.4) is 0 Å². The maximum Gasteiger partial charge on any atom is 0.350 e. The minimum atomic E-state index is -4.13. The molecule has 2 fully saturated rings. The summed E-state index contributed by atoms with van der Waals surface area (Å²) in [6, 6.07) is 0.172. The van der Waals surface area contributed by atoms with Gasteiger partial charge in [-0.05, 0) is 24.7 Å². The summed E-state index contributed by atoms with van der Waals surface area (Å²) in [6.07, 6.45) is 4.17. The van der Waals surface area contributed by atoms with Gasteiger partial charge in [0.25, 0.3) is 0 Å². The van der Waals surface area contributed by atoms with Crippen molar-refractivity contribution < 1.29 is 19.1 Å². The number of rotatable bonds is 4. The molecule has 4 rings (SSSR count). The lowest BCUT2D eigenvalue weighted by Crippen LogP contribution is -2.16. The molecule has 2 saturated carbocycles. The Morgan fingerprint density at radius 2 is 2.14 bits per heavy atom. The van der Waals surface area contributed by atoms with E-state index < -0.39 is 13.9 Å². The van der Waals surface area contributed by atoms with E-state index in [4.69, 9.17) is 20.3 Å². The molecule has 9 nitrogen and oxygen atoms in total. The quantitative estimate of drug-likeness (QED) is 0.692. The molecule has 2 aromatic rings. The van der Waals surface area contributed by atoms with Gasteiger partial charge >= 0.3 is 7.60 Å². The molecular weight excluding hydrogens is 309 g/mol. The highest BCUT2D eigenvalue weighted by Crippen LogP contribution is 2.59. The minimum Gasteiger partial charge on any atom is -0.382 e. The molecule has 0 unspecified atom stereocenters. The summed E-state index contributed by atoms with van der Waals surface area (Å²) in [5.74, 6) is 1.15. The third-order valence-electron chi connectivity index (χ3n) is 4.54. The van der Waals surface area contributed by atoms with E-state index in [2.05, 4.69) is 15.0 Å². The van der Waals surface area contributed by atoms with Crippen LogP contribution >= 0.6 is 7.60 Å². The smallest absolute Gasteiger partial charge is 0.350 e. The van der Waals surface area contributed by atoms with Gasteiger partial charge < -0.3 is 24.8 Å². The summed E-state index contributed by atoms with van der Waals surface area (Å²) >= 11 is 0. The topological polar surface area (TPSA) is 136 Å². The maximum absolute atomic E-state index is 11.0. The molecule has 10 heteroatoms. The Kier molecular flexibility index (Phi) is 3.02. The second kappa shape index (κ2) is 4.73. The average molecular weight is 325 g/mol. The Bertz CT molecular complexity index is 774. The Morgan fingerprint density at radius 1 is 1.32 bits per heavy atom. The number of hydrogen-bond donors (Lipinski definition) is 3. The third-order valence-corrected chi connectivity index (χ3v) is 5.02. The zero-order chi connectivity index (χ0) is 15.5. The highest BCUT2D eigenvalue weighted by atomic mass is 31.2. The maximum atomic E-state index is 11.0. The largest absolute Gasteiger partial charge is 0.382 e. The van der Waals surface area contributed by atoms with Crippen LogP contribution in [0.5, 0.6) is 0 Å². The lowest BCUT2D eigenvalue weighted by atomic mass is 10.1. The number of hydrogen-bond acceptors (Lipinski definition) is 6. The zero-order valence-electron chi connectivity index (χ0n) is 11.6. The fraction of sp³-hybridized carbons (Fsp3) is 0.583. The van der Waals surface area contributed by atoms with E-state index in [1.54, 1.807) is 6.33 Å². The second-order valence-corrected chi connectivity index (χ2v) is 7.54. The van der Waals surface area contributed by atoms with Gasteiger partial charge in [0.1, 0.15) is 18.2 Å². The third kappa shape index (κ3) is 2.30. The van der Waals surface area contributed by atoms with Crippen molar-refractivity contribution in [3.05, 3.63) is 12.7 Å². The van der Waals surface area contributed by atoms with Crippen molar-refractivity contribution in [2.45, 2.75) is 25.0 Å². The molecule has 22 heavy (non-hydrogen) atoms. The van der Waals surface area contributed by atoms with Crippen molar-refractivity contribution in [3.8, 4) is 0 Å². The number of nitrogen functional groups attached to an aromatic ring is 1. The number of anilines is 1. The lowest BCUT2D eigenvalue weighted by molar-refractivity contribution is 0.0607. The van der Waals surface area contributed by atoms with Gasteiger partial charge in [-0.15, -0.1) is 0 Å². The van der Waals surface area contributed by atoms with Crippen molar-refractivity contribution in [3.63, 3.8) is 0 Å². The number of aromatic nitrogens is 4. The van der Waals surface area contributed by atoms with Crippen LogP contribution in [0.25, 0.3) is 11.2 Å². The molecule has 4 atom stereocenters. The summed E-state index contributed by atoms with van der Waals surface area (Å²) in [5, 5.41) is 0. The predicted molar refractivity (Wildman–Crippen MR) is 76.8 cm³/mol. The van der Waals surface area contributed by atoms with Gasteiger partial charge in [-0.1, -0.05) is 0 Å². The second-order valence-electron chi connectivity index (χ2n) is 5.95. The molecule has 0 saturated heterocycles. The molecule has 0 amide bonds. The van der Waals surface area contributed by atoms with E-state index in [1.807, 2.05) is 4.57 Å². The first kappa shape index (κ1) is 14.1. The highest BCUT2D eigenvalue weighted by Gasteiger charge is 2.56. The van der Waals surface area contributed by atoms with Crippen LogP contribution in [-0.2, 0) is 9.30 Å². The molecule has 2 aliphatic carbocycles. The Morgan fingerprint density at radius 3 is 2.91 bits per heavy atom. The van der Waals surface area contributed by atoms with Gasteiger partial charge in [0.2, 0.25) is 0 Å². The van der Waals surface area contributed by atoms with Crippen LogP contribution in [0, 0.1) is 11.8 Å². The molecule has 4 N–H and O–H groups in total. The van der Waals surface area contributed by atoms with Crippen LogP contribution in [0.1, 0.15) is 18.9 Å². The van der Waals surface area contributed by atoms with Gasteiger partial charge in [0.15, 0.2) is 11.5 Å². The number of fused-ring (bicyclic) bond motifs is 2. The number of nitrogens with zero attached hydrogens (tertiary/aromatic N) is 4. The van der Waals surface area contributed by atoms with Gasteiger partial charge in [-0.25, -0.2) is 15.0 Å². The predicted octanol–water partition coefficient (Wildman–Crippen LogP) is 0.510. The lowest BCUT2D eigenvalue weighted by Gasteiger charge is -2.18. The Hall–Kier alpha value is -1.54. The van der Waals surface area contributed by atoms with E-state index >= 15 is 0 Å². The van der Waals surface area contributed by atoms with Gasteiger partial charge in [0.05, 0.1) is 12.4 Å². The van der Waals surface area contributed by atoms with E-state index in [0.29, 0.717) is 35.2 Å². The molecule has 0 aromatic carbocycles. The molecule has 0 spiro atoms. The van der Waals surface area contributed by atoms with Crippen molar-refractivity contribution in [2.75, 3.05) is 12.1 Å². The van der Waals surface area contributed by atoms with Crippen molar-refractivity contribution in [2.24, 2.45) is 11.8 Å². The highest BCUT2D eigenvalue weighted by molar-refractivity contribution is 7.51. The fourth-order valence-electron chi connectivity index (χ4n) is 3.51. The van der Waals surface area contributed by atoms with Crippen molar-refractivity contribution in [1.29, 1.82) is 0 Å². The van der Waals surface area contributed by atoms with E-state index in [-0.39, 0.29) is 12.1 Å². The van der Waals surface area contributed by atoms with Crippen molar-refractivity contribution >= 4 is 24.6 Å². The minimum absolute atomic E-state index is 0.126. The monoisotopic (exact) mass is 325 g/mol. The first-order chi connectivity index (χ1) is 10.4. The molecular formula is C12H16N5O4P. The molecule has 2 aliphatic rings. The first-order valence-corrected chi connectivity index (χ1v) is 8.83. The molecule has 0 bridgehead atoms. The van der Waals surface area contributed by atoms with Crippen LogP contribution in [-0.4, -0.2) is 41.8 Å². The molecule has 2 aromatic heterocycles. The van der Waals surface area contributed by atoms with Crippen LogP contribution in [0.4, 0.5) is 5.82 Å². The SMILES string of the molecule is Nc1ncnc2c1ncn2[C@@H]1C[C@H](OCP(=O)(O)O)[C@H]2C[C@H]21. The van der Waals surface area contributed by atoms with Gasteiger partial charge in [-0.3, -0.25) is 4.57 Å². The summed E-state index contributed by atoms with van der Waals surface area (Å²) in [6.45, 7) is 0. The average Bonchev–Trinajstić information content (AvgIpc) is 2.97. The Labute approximate surface area is 125 Å².